The molecule has 0 amide bonds. The minimum Gasteiger partial charge on any atom is -0.438 e. The number of para-hydroxylation sites is 1. The van der Waals surface area contributed by atoms with E-state index in [4.69, 9.17) is 20.4 Å². The smallest absolute Gasteiger partial charge is 0.295 e. The molecule has 3 rings (SSSR count). The van der Waals surface area contributed by atoms with Crippen molar-refractivity contribution in [3.63, 3.8) is 0 Å². The van der Waals surface area contributed by atoms with Gasteiger partial charge in [0.25, 0.3) is 5.89 Å². The number of oxazole rings is 1. The van der Waals surface area contributed by atoms with E-state index in [1.807, 2.05) is 37.4 Å². The molecule has 0 saturated heterocycles. The summed E-state index contributed by atoms with van der Waals surface area (Å²) in [4.78, 5) is 17.7. The van der Waals surface area contributed by atoms with Gasteiger partial charge in [0.1, 0.15) is 5.82 Å². The van der Waals surface area contributed by atoms with E-state index in [1.165, 1.54) is 12.6 Å². The zero-order valence-corrected chi connectivity index (χ0v) is 13.9. The van der Waals surface area contributed by atoms with Crippen LogP contribution in [-0.4, -0.2) is 34.0 Å². The van der Waals surface area contributed by atoms with E-state index in [0.29, 0.717) is 11.6 Å². The fourth-order valence-corrected chi connectivity index (χ4v) is 1.96. The number of aliphatic imine (C=N–C) groups is 2. The first kappa shape index (κ1) is 16.9. The molecule has 0 aliphatic rings. The standard InChI is InChI=1S/C16H16N8O2/c1-10(24(2)11-6-4-3-5-7-11)20-16(18)21-13(17)14-22-15(26-23-14)12-8-19-9-25-12/h3-9H,1H2,2H3,(H4,17,18,20,21). The molecule has 4 N–H and O–H groups in total. The SMILES string of the molecule is C=C(/N=C(N)\N=C(/N)c1noc(-c2cnco2)n1)N(C)c1ccccc1. The Kier molecular flexibility index (Phi) is 4.74. The predicted molar refractivity (Wildman–Crippen MR) is 96.1 cm³/mol. The van der Waals surface area contributed by atoms with E-state index in [-0.39, 0.29) is 23.5 Å². The van der Waals surface area contributed by atoms with Crippen molar-refractivity contribution in [3.05, 3.63) is 61.1 Å². The minimum absolute atomic E-state index is 0.0524. The molecule has 0 spiro atoms. The van der Waals surface area contributed by atoms with Crippen LogP contribution in [0.3, 0.4) is 0 Å². The van der Waals surface area contributed by atoms with E-state index in [9.17, 15) is 0 Å². The molecule has 0 unspecified atom stereocenters. The van der Waals surface area contributed by atoms with Gasteiger partial charge in [-0.05, 0) is 12.1 Å². The summed E-state index contributed by atoms with van der Waals surface area (Å²) < 4.78 is 10.1. The van der Waals surface area contributed by atoms with Gasteiger partial charge < -0.3 is 25.3 Å². The Morgan fingerprint density at radius 3 is 2.65 bits per heavy atom. The Bertz CT molecular complexity index is 944. The summed E-state index contributed by atoms with van der Waals surface area (Å²) in [6.45, 7) is 3.87. The molecule has 3 aromatic rings. The number of hydrogen-bond acceptors (Lipinski definition) is 7. The van der Waals surface area contributed by atoms with E-state index in [2.05, 4.69) is 31.7 Å². The lowest BCUT2D eigenvalue weighted by Gasteiger charge is -2.18. The molecule has 10 nitrogen and oxygen atoms in total. The normalized spacial score (nSPS) is 12.2. The summed E-state index contributed by atoms with van der Waals surface area (Å²) in [7, 11) is 1.81. The van der Waals surface area contributed by atoms with Crippen LogP contribution in [0.4, 0.5) is 5.69 Å². The Hall–Kier alpha value is -3.95. The number of rotatable bonds is 5. The highest BCUT2D eigenvalue weighted by molar-refractivity contribution is 6.02. The highest BCUT2D eigenvalue weighted by atomic mass is 16.5. The Labute approximate surface area is 148 Å². The van der Waals surface area contributed by atoms with Gasteiger partial charge in [-0.2, -0.15) is 15.0 Å². The third kappa shape index (κ3) is 3.75. The van der Waals surface area contributed by atoms with Gasteiger partial charge in [-0.1, -0.05) is 29.9 Å². The minimum atomic E-state index is -0.0960. The first-order valence-corrected chi connectivity index (χ1v) is 7.43. The van der Waals surface area contributed by atoms with Crippen molar-refractivity contribution in [2.75, 3.05) is 11.9 Å². The van der Waals surface area contributed by atoms with Gasteiger partial charge in [-0.3, -0.25) is 0 Å². The third-order valence-electron chi connectivity index (χ3n) is 3.31. The molecule has 0 aliphatic carbocycles. The lowest BCUT2D eigenvalue weighted by molar-refractivity contribution is 0.413. The molecular formula is C16H16N8O2. The van der Waals surface area contributed by atoms with Crippen LogP contribution < -0.4 is 16.4 Å². The molecular weight excluding hydrogens is 336 g/mol. The molecule has 26 heavy (non-hydrogen) atoms. The Balaban J connectivity index is 1.74. The number of nitrogens with zero attached hydrogens (tertiary/aromatic N) is 6. The van der Waals surface area contributed by atoms with Gasteiger partial charge in [0.15, 0.2) is 12.2 Å². The van der Waals surface area contributed by atoms with Crippen LogP contribution in [0.5, 0.6) is 0 Å². The van der Waals surface area contributed by atoms with Crippen LogP contribution in [-0.2, 0) is 0 Å². The maximum Gasteiger partial charge on any atom is 0.295 e. The van der Waals surface area contributed by atoms with Crippen LogP contribution >= 0.6 is 0 Å². The van der Waals surface area contributed by atoms with E-state index in [1.54, 1.807) is 4.90 Å². The summed E-state index contributed by atoms with van der Waals surface area (Å²) in [5.41, 5.74) is 12.6. The molecule has 0 fully saturated rings. The average Bonchev–Trinajstić information content (AvgIpc) is 3.32. The summed E-state index contributed by atoms with van der Waals surface area (Å²) in [6, 6.07) is 9.56. The van der Waals surface area contributed by atoms with E-state index in [0.717, 1.165) is 5.69 Å². The van der Waals surface area contributed by atoms with E-state index < -0.39 is 0 Å². The summed E-state index contributed by atoms with van der Waals surface area (Å²) in [5, 5.41) is 3.71. The second kappa shape index (κ2) is 7.30. The number of amidine groups is 1. The Morgan fingerprint density at radius 2 is 1.96 bits per heavy atom. The predicted octanol–water partition coefficient (Wildman–Crippen LogP) is 1.35. The molecule has 0 aliphatic heterocycles. The van der Waals surface area contributed by atoms with Gasteiger partial charge in [0, 0.05) is 12.7 Å². The fraction of sp³-hybridized carbons (Fsp3) is 0.0625. The van der Waals surface area contributed by atoms with Crippen molar-refractivity contribution in [3.8, 4) is 11.7 Å². The number of aromatic nitrogens is 3. The fourth-order valence-electron chi connectivity index (χ4n) is 1.96. The molecule has 1 aromatic carbocycles. The third-order valence-corrected chi connectivity index (χ3v) is 3.31. The van der Waals surface area contributed by atoms with Crippen molar-refractivity contribution in [2.24, 2.45) is 21.5 Å². The van der Waals surface area contributed by atoms with Crippen molar-refractivity contribution < 1.29 is 8.94 Å². The first-order valence-electron chi connectivity index (χ1n) is 7.43. The molecule has 0 atom stereocenters. The lowest BCUT2D eigenvalue weighted by atomic mass is 10.3. The molecule has 0 bridgehead atoms. The quantitative estimate of drug-likeness (QED) is 0.517. The van der Waals surface area contributed by atoms with Gasteiger partial charge in [-0.25, -0.2) is 4.98 Å². The summed E-state index contributed by atoms with van der Waals surface area (Å²) in [6.07, 6.45) is 2.68. The van der Waals surface area contributed by atoms with Gasteiger partial charge in [0.05, 0.1) is 6.20 Å². The molecule has 10 heteroatoms. The number of benzene rings is 1. The van der Waals surface area contributed by atoms with Crippen molar-refractivity contribution in [1.82, 2.24) is 15.1 Å². The molecule has 2 aromatic heterocycles. The summed E-state index contributed by atoms with van der Waals surface area (Å²) in [5.74, 6) is 0.727. The highest BCUT2D eigenvalue weighted by Crippen LogP contribution is 2.17. The van der Waals surface area contributed by atoms with Crippen LogP contribution in [0.2, 0.25) is 0 Å². The molecule has 132 valence electrons. The number of guanidine groups is 1. The zero-order chi connectivity index (χ0) is 18.5. The molecule has 2 heterocycles. The van der Waals surface area contributed by atoms with Crippen molar-refractivity contribution in [1.29, 1.82) is 0 Å². The maximum atomic E-state index is 5.84. The van der Waals surface area contributed by atoms with E-state index >= 15 is 0 Å². The number of anilines is 1. The van der Waals surface area contributed by atoms with Crippen LogP contribution in [0, 0.1) is 0 Å². The highest BCUT2D eigenvalue weighted by Gasteiger charge is 2.14. The largest absolute Gasteiger partial charge is 0.438 e. The number of nitrogens with two attached hydrogens (primary N) is 2. The van der Waals surface area contributed by atoms with Gasteiger partial charge in [-0.15, -0.1) is 0 Å². The second-order valence-corrected chi connectivity index (χ2v) is 5.07. The van der Waals surface area contributed by atoms with Gasteiger partial charge in [0.2, 0.25) is 17.5 Å². The maximum absolute atomic E-state index is 5.84. The lowest BCUT2D eigenvalue weighted by Crippen LogP contribution is -2.22. The van der Waals surface area contributed by atoms with Crippen molar-refractivity contribution >= 4 is 17.5 Å². The zero-order valence-electron chi connectivity index (χ0n) is 13.9. The van der Waals surface area contributed by atoms with Crippen LogP contribution in [0.15, 0.2) is 74.2 Å². The average molecular weight is 352 g/mol. The van der Waals surface area contributed by atoms with Gasteiger partial charge >= 0.3 is 0 Å². The van der Waals surface area contributed by atoms with Crippen molar-refractivity contribution in [2.45, 2.75) is 0 Å². The summed E-state index contributed by atoms with van der Waals surface area (Å²) >= 11 is 0. The molecule has 0 saturated carbocycles. The topological polar surface area (TPSA) is 145 Å². The second-order valence-electron chi connectivity index (χ2n) is 5.07. The Morgan fingerprint density at radius 1 is 1.19 bits per heavy atom. The molecule has 0 radical (unpaired) electrons. The van der Waals surface area contributed by atoms with Crippen LogP contribution in [0.1, 0.15) is 5.82 Å². The number of hydrogen-bond donors (Lipinski definition) is 2. The van der Waals surface area contributed by atoms with Crippen LogP contribution in [0.25, 0.3) is 11.7 Å². The first-order chi connectivity index (χ1) is 12.5. The monoisotopic (exact) mass is 352 g/mol.